The number of fused-ring (bicyclic) bond motifs is 2. The van der Waals surface area contributed by atoms with Crippen molar-refractivity contribution in [1.29, 1.82) is 5.26 Å². The van der Waals surface area contributed by atoms with Crippen LogP contribution in [0.1, 0.15) is 30.0 Å². The minimum Gasteiger partial charge on any atom is -0.383 e. The Morgan fingerprint density at radius 1 is 1.06 bits per heavy atom. The van der Waals surface area contributed by atoms with Crippen LogP contribution in [0.4, 0.5) is 11.5 Å². The van der Waals surface area contributed by atoms with Crippen LogP contribution in [0.25, 0.3) is 22.3 Å². The van der Waals surface area contributed by atoms with Gasteiger partial charge < -0.3 is 15.5 Å². The molecule has 170 valence electrons. The SMILES string of the molecule is N#CN1CCCC(n2nc(-c3ccc(CN4CCc5ccccc54)cc3)c3c(N)ncnc32)C1. The summed E-state index contributed by atoms with van der Waals surface area (Å²) in [7, 11) is 0. The van der Waals surface area contributed by atoms with E-state index in [2.05, 4.69) is 69.6 Å². The minimum absolute atomic E-state index is 0.0773. The van der Waals surface area contributed by atoms with Crippen LogP contribution in [-0.4, -0.2) is 44.3 Å². The summed E-state index contributed by atoms with van der Waals surface area (Å²) in [6.07, 6.45) is 6.76. The van der Waals surface area contributed by atoms with E-state index in [-0.39, 0.29) is 6.04 Å². The van der Waals surface area contributed by atoms with E-state index in [0.29, 0.717) is 12.4 Å². The maximum atomic E-state index is 9.38. The second-order valence-electron chi connectivity index (χ2n) is 9.09. The number of nitrogens with zero attached hydrogens (tertiary/aromatic N) is 7. The molecule has 4 aromatic rings. The van der Waals surface area contributed by atoms with Crippen molar-refractivity contribution in [3.8, 4) is 17.5 Å². The smallest absolute Gasteiger partial charge is 0.179 e. The minimum atomic E-state index is 0.0773. The number of anilines is 2. The largest absolute Gasteiger partial charge is 0.383 e. The third-order valence-electron chi connectivity index (χ3n) is 6.99. The molecule has 0 spiro atoms. The monoisotopic (exact) mass is 450 g/mol. The van der Waals surface area contributed by atoms with E-state index in [9.17, 15) is 5.26 Å². The zero-order valence-corrected chi connectivity index (χ0v) is 18.9. The zero-order chi connectivity index (χ0) is 23.1. The van der Waals surface area contributed by atoms with Crippen LogP contribution >= 0.6 is 0 Å². The summed E-state index contributed by atoms with van der Waals surface area (Å²) < 4.78 is 1.95. The van der Waals surface area contributed by atoms with Gasteiger partial charge in [0.2, 0.25) is 0 Å². The molecular formula is C26H26N8. The molecule has 4 heterocycles. The first-order valence-electron chi connectivity index (χ1n) is 11.8. The average Bonchev–Trinajstić information content (AvgIpc) is 3.47. The Balaban J connectivity index is 1.32. The third kappa shape index (κ3) is 3.50. The van der Waals surface area contributed by atoms with Gasteiger partial charge >= 0.3 is 0 Å². The van der Waals surface area contributed by atoms with Crippen molar-refractivity contribution in [2.45, 2.75) is 31.8 Å². The molecule has 6 rings (SSSR count). The molecule has 8 heteroatoms. The Kier molecular flexibility index (Phi) is 5.02. The summed E-state index contributed by atoms with van der Waals surface area (Å²) in [5.74, 6) is 0.428. The lowest BCUT2D eigenvalue weighted by Gasteiger charge is -2.28. The number of nitriles is 1. The third-order valence-corrected chi connectivity index (χ3v) is 6.99. The molecule has 1 atom stereocenters. The second kappa shape index (κ2) is 8.34. The van der Waals surface area contributed by atoms with E-state index in [1.807, 2.05) is 4.68 Å². The fourth-order valence-electron chi connectivity index (χ4n) is 5.26. The van der Waals surface area contributed by atoms with Gasteiger partial charge in [0.15, 0.2) is 11.8 Å². The predicted octanol–water partition coefficient (Wildman–Crippen LogP) is 3.76. The summed E-state index contributed by atoms with van der Waals surface area (Å²) in [5, 5.41) is 15.1. The summed E-state index contributed by atoms with van der Waals surface area (Å²) in [6.45, 7) is 3.35. The van der Waals surface area contributed by atoms with Crippen molar-refractivity contribution in [3.05, 3.63) is 66.0 Å². The van der Waals surface area contributed by atoms with Crippen molar-refractivity contribution < 1.29 is 0 Å². The van der Waals surface area contributed by atoms with Crippen LogP contribution in [0.2, 0.25) is 0 Å². The highest BCUT2D eigenvalue weighted by atomic mass is 15.3. The number of likely N-dealkylation sites (tertiary alicyclic amines) is 1. The molecule has 2 N–H and O–H groups in total. The molecule has 2 aromatic heterocycles. The fraction of sp³-hybridized carbons (Fsp3) is 0.308. The van der Waals surface area contributed by atoms with E-state index in [4.69, 9.17) is 10.8 Å². The summed E-state index contributed by atoms with van der Waals surface area (Å²) in [5.41, 5.74) is 12.8. The molecule has 8 nitrogen and oxygen atoms in total. The molecule has 0 radical (unpaired) electrons. The first-order valence-corrected chi connectivity index (χ1v) is 11.8. The maximum absolute atomic E-state index is 9.38. The van der Waals surface area contributed by atoms with Crippen molar-refractivity contribution in [2.24, 2.45) is 0 Å². The van der Waals surface area contributed by atoms with E-state index in [0.717, 1.165) is 61.2 Å². The molecule has 0 bridgehead atoms. The van der Waals surface area contributed by atoms with Gasteiger partial charge in [0.1, 0.15) is 17.8 Å². The molecule has 2 aromatic carbocycles. The Labute approximate surface area is 198 Å². The number of piperidine rings is 1. The first kappa shape index (κ1) is 20.5. The lowest BCUT2D eigenvalue weighted by Crippen LogP contribution is -2.33. The first-order chi connectivity index (χ1) is 16.7. The van der Waals surface area contributed by atoms with Crippen LogP contribution in [-0.2, 0) is 13.0 Å². The molecule has 0 aliphatic carbocycles. The van der Waals surface area contributed by atoms with Crippen LogP contribution in [0.15, 0.2) is 54.9 Å². The molecule has 0 amide bonds. The van der Waals surface area contributed by atoms with Gasteiger partial charge in [-0.3, -0.25) is 0 Å². The van der Waals surface area contributed by atoms with E-state index < -0.39 is 0 Å². The molecule has 1 fully saturated rings. The molecule has 34 heavy (non-hydrogen) atoms. The highest BCUT2D eigenvalue weighted by Gasteiger charge is 2.26. The number of nitrogens with two attached hydrogens (primary N) is 1. The lowest BCUT2D eigenvalue weighted by molar-refractivity contribution is 0.236. The molecule has 1 unspecified atom stereocenters. The number of rotatable bonds is 4. The fourth-order valence-corrected chi connectivity index (χ4v) is 5.26. The van der Waals surface area contributed by atoms with Crippen molar-refractivity contribution in [3.63, 3.8) is 0 Å². The van der Waals surface area contributed by atoms with Crippen molar-refractivity contribution >= 4 is 22.5 Å². The Morgan fingerprint density at radius 3 is 2.76 bits per heavy atom. The normalized spacial score (nSPS) is 17.7. The number of hydrogen-bond donors (Lipinski definition) is 1. The standard InChI is InChI=1S/C26H26N8/c27-16-32-12-3-5-21(15-32)34-26-23(25(28)29-17-30-26)24(31-34)20-9-7-18(8-10-20)14-33-13-11-19-4-1-2-6-22(19)33/h1-2,4,6-10,17,21H,3,5,11-15H2,(H2,28,29,30). The molecule has 0 saturated carbocycles. The van der Waals surface area contributed by atoms with Crippen molar-refractivity contribution in [1.82, 2.24) is 24.6 Å². The zero-order valence-electron chi connectivity index (χ0n) is 18.9. The second-order valence-corrected chi connectivity index (χ2v) is 9.09. The van der Waals surface area contributed by atoms with Gasteiger partial charge in [-0.25, -0.2) is 14.6 Å². The van der Waals surface area contributed by atoms with Gasteiger partial charge in [0.05, 0.1) is 18.0 Å². The Hall–Kier alpha value is -4.12. The number of hydrogen-bond acceptors (Lipinski definition) is 7. The molecule has 2 aliphatic rings. The highest BCUT2D eigenvalue weighted by Crippen LogP contribution is 2.34. The maximum Gasteiger partial charge on any atom is 0.179 e. The summed E-state index contributed by atoms with van der Waals surface area (Å²) >= 11 is 0. The molecular weight excluding hydrogens is 424 g/mol. The molecule has 1 saturated heterocycles. The lowest BCUT2D eigenvalue weighted by atomic mass is 10.1. The van der Waals surface area contributed by atoms with E-state index in [1.165, 1.54) is 23.1 Å². The molecule has 2 aliphatic heterocycles. The quantitative estimate of drug-likeness (QED) is 0.473. The summed E-state index contributed by atoms with van der Waals surface area (Å²) in [4.78, 5) is 13.0. The number of aromatic nitrogens is 4. The van der Waals surface area contributed by atoms with Crippen LogP contribution in [0.3, 0.4) is 0 Å². The number of nitrogen functional groups attached to an aromatic ring is 1. The van der Waals surface area contributed by atoms with Crippen molar-refractivity contribution in [2.75, 3.05) is 30.3 Å². The van der Waals surface area contributed by atoms with Gasteiger partial charge in [-0.1, -0.05) is 42.5 Å². The highest BCUT2D eigenvalue weighted by molar-refractivity contribution is 5.98. The van der Waals surface area contributed by atoms with Crippen LogP contribution < -0.4 is 10.6 Å². The van der Waals surface area contributed by atoms with Gasteiger partial charge in [0.25, 0.3) is 0 Å². The Morgan fingerprint density at radius 2 is 1.91 bits per heavy atom. The topological polar surface area (TPSA) is 99.9 Å². The van der Waals surface area contributed by atoms with Crippen LogP contribution in [0, 0.1) is 11.5 Å². The van der Waals surface area contributed by atoms with Gasteiger partial charge in [0, 0.05) is 30.9 Å². The van der Waals surface area contributed by atoms with Crippen LogP contribution in [0.5, 0.6) is 0 Å². The van der Waals surface area contributed by atoms with Gasteiger partial charge in [-0.2, -0.15) is 10.4 Å². The van der Waals surface area contributed by atoms with Gasteiger partial charge in [-0.05, 0) is 36.5 Å². The summed E-state index contributed by atoms with van der Waals surface area (Å²) in [6, 6.07) is 17.3. The van der Waals surface area contributed by atoms with E-state index >= 15 is 0 Å². The number of benzene rings is 2. The predicted molar refractivity (Wildman–Crippen MR) is 132 cm³/mol. The number of para-hydroxylation sites is 1. The van der Waals surface area contributed by atoms with E-state index in [1.54, 1.807) is 4.90 Å². The van der Waals surface area contributed by atoms with Gasteiger partial charge in [-0.15, -0.1) is 0 Å². The average molecular weight is 451 g/mol. The Bertz CT molecular complexity index is 1380.